The number of nitrogens with zero attached hydrogens (tertiary/aromatic N) is 1. The number of likely N-dealkylation sites (tertiary alicyclic amines) is 1. The van der Waals surface area contributed by atoms with Crippen LogP contribution in [0.4, 0.5) is 4.79 Å². The Balaban J connectivity index is 2.58. The van der Waals surface area contributed by atoms with Crippen molar-refractivity contribution < 1.29 is 24.2 Å². The summed E-state index contributed by atoms with van der Waals surface area (Å²) in [4.78, 5) is 27.9. The average molecular weight is 503 g/mol. The second kappa shape index (κ2) is 8.77. The molecule has 7 heteroatoms. The normalized spacial score (nSPS) is 27.9. The number of hydrogen-bond acceptors (Lipinski definition) is 4. The van der Waals surface area contributed by atoms with E-state index in [9.17, 15) is 9.59 Å². The topological polar surface area (TPSA) is 55.8 Å². The van der Waals surface area contributed by atoms with Crippen molar-refractivity contribution in [3.8, 4) is 0 Å². The third kappa shape index (κ3) is 5.97. The molecule has 0 aliphatic carbocycles. The van der Waals surface area contributed by atoms with E-state index >= 15 is 0 Å². The first-order chi connectivity index (χ1) is 15.2. The predicted molar refractivity (Wildman–Crippen MR) is 125 cm³/mol. The molecular weight excluding hydrogens is 461 g/mol. The molecule has 0 N–H and O–H groups in total. The Labute approximate surface area is 194 Å². The Morgan fingerprint density at radius 3 is 2.37 bits per heavy atom. The first-order valence-corrected chi connectivity index (χ1v) is 14.7. The van der Waals surface area contributed by atoms with Crippen molar-refractivity contribution in [2.24, 2.45) is 0 Å². The monoisotopic (exact) mass is 503 g/mol. The quantitative estimate of drug-likeness (QED) is 0.545. The Bertz CT molecular complexity index is 899. The van der Waals surface area contributed by atoms with E-state index in [1.165, 1.54) is 0 Å². The number of carbonyl (C=O) groups excluding carboxylic acids is 2. The number of carbonyl (C=O) groups is 2. The molecule has 0 unspecified atom stereocenters. The maximum atomic E-state index is 13.9. The van der Waals surface area contributed by atoms with E-state index in [1.807, 2.05) is 13.1 Å². The summed E-state index contributed by atoms with van der Waals surface area (Å²) in [7, 11) is -2.31. The van der Waals surface area contributed by atoms with Gasteiger partial charge in [-0.05, 0) is 0 Å². The molecule has 30 heavy (non-hydrogen) atoms. The van der Waals surface area contributed by atoms with Gasteiger partial charge in [-0.3, -0.25) is 0 Å². The van der Waals surface area contributed by atoms with E-state index in [0.717, 1.165) is 4.90 Å². The van der Waals surface area contributed by atoms with Crippen LogP contribution >= 0.6 is 0 Å². The van der Waals surface area contributed by atoms with Crippen molar-refractivity contribution in [3.63, 3.8) is 0 Å². The van der Waals surface area contributed by atoms with Crippen LogP contribution in [0.3, 0.4) is 0 Å². The van der Waals surface area contributed by atoms with Crippen LogP contribution in [0.15, 0.2) is 30.3 Å². The third-order valence-electron chi connectivity index (χ3n) is 5.33. The summed E-state index contributed by atoms with van der Waals surface area (Å²) in [6, 6.07) is 7.79. The predicted octanol–water partition coefficient (Wildman–Crippen LogP) is 4.75. The zero-order chi connectivity index (χ0) is 26.3. The molecule has 1 aliphatic rings. The van der Waals surface area contributed by atoms with Gasteiger partial charge in [0.2, 0.25) is 0 Å². The zero-order valence-electron chi connectivity index (χ0n) is 23.2. The van der Waals surface area contributed by atoms with Crippen LogP contribution in [-0.4, -0.2) is 58.4 Å². The van der Waals surface area contributed by atoms with Crippen molar-refractivity contribution >= 4 is 39.7 Å². The number of rotatable bonds is 5. The van der Waals surface area contributed by atoms with Gasteiger partial charge < -0.3 is 0 Å². The summed E-state index contributed by atoms with van der Waals surface area (Å²) in [5.41, 5.74) is -0.893. The van der Waals surface area contributed by atoms with Gasteiger partial charge in [0.15, 0.2) is 0 Å². The molecule has 168 valence electrons. The van der Waals surface area contributed by atoms with Gasteiger partial charge in [0.1, 0.15) is 0 Å². The zero-order valence-corrected chi connectivity index (χ0v) is 22.0. The number of imide groups is 1. The van der Waals surface area contributed by atoms with Crippen molar-refractivity contribution in [1.82, 2.24) is 4.90 Å². The van der Waals surface area contributed by atoms with E-state index in [4.69, 9.17) is 14.6 Å². The van der Waals surface area contributed by atoms with Crippen LogP contribution in [0.2, 0.25) is 22.4 Å². The van der Waals surface area contributed by atoms with Gasteiger partial charge in [-0.1, -0.05) is 0 Å². The summed E-state index contributed by atoms with van der Waals surface area (Å²) in [5.74, 6) is -0.880. The molecule has 1 aromatic carbocycles. The van der Waals surface area contributed by atoms with Gasteiger partial charge in [0, 0.05) is 0 Å². The molecule has 5 nitrogen and oxygen atoms in total. The minimum atomic E-state index is -2.79. The Morgan fingerprint density at radius 1 is 1.27 bits per heavy atom. The van der Waals surface area contributed by atoms with E-state index in [1.54, 1.807) is 51.1 Å². The van der Waals surface area contributed by atoms with Crippen molar-refractivity contribution in [2.45, 2.75) is 88.9 Å². The molecule has 0 bridgehead atoms. The molecule has 1 saturated heterocycles. The van der Waals surface area contributed by atoms with E-state index < -0.39 is 64.5 Å². The Kier molecular flexibility index (Phi) is 5.71. The van der Waals surface area contributed by atoms with Crippen molar-refractivity contribution in [1.29, 1.82) is 0 Å². The molecular formula is C23H37NO4SeSi. The fourth-order valence-electron chi connectivity index (χ4n) is 2.66. The van der Waals surface area contributed by atoms with Gasteiger partial charge in [-0.15, -0.1) is 0 Å². The van der Waals surface area contributed by atoms with Crippen molar-refractivity contribution in [2.75, 3.05) is 6.61 Å². The average Bonchev–Trinajstić information content (AvgIpc) is 2.86. The van der Waals surface area contributed by atoms with Crippen LogP contribution < -0.4 is 4.46 Å². The molecule has 2 amide bonds. The number of benzene rings is 1. The molecule has 1 aliphatic heterocycles. The number of hydrogen-bond donors (Lipinski definition) is 0. The van der Waals surface area contributed by atoms with Crippen LogP contribution in [-0.2, 0) is 14.0 Å². The molecule has 0 aromatic heterocycles. The summed E-state index contributed by atoms with van der Waals surface area (Å²) < 4.78 is 44.5. The molecule has 3 atom stereocenters. The van der Waals surface area contributed by atoms with Crippen LogP contribution in [0.5, 0.6) is 0 Å². The molecule has 0 spiro atoms. The summed E-state index contributed by atoms with van der Waals surface area (Å²) in [6.45, 7) is 12.4. The van der Waals surface area contributed by atoms with Gasteiger partial charge in [0.05, 0.1) is 0 Å². The van der Waals surface area contributed by atoms with E-state index in [2.05, 4.69) is 20.8 Å². The van der Waals surface area contributed by atoms with E-state index in [-0.39, 0.29) is 11.6 Å². The minimum absolute atomic E-state index is 0.0989. The molecule has 0 radical (unpaired) electrons. The molecule has 0 saturated carbocycles. The molecule has 1 heterocycles. The van der Waals surface area contributed by atoms with Crippen molar-refractivity contribution in [3.05, 3.63) is 30.3 Å². The maximum absolute atomic E-state index is 13.9. The van der Waals surface area contributed by atoms with Gasteiger partial charge in [-0.25, -0.2) is 0 Å². The Hall–Kier alpha value is -1.14. The second-order valence-corrected chi connectivity index (χ2v) is 17.7. The summed E-state index contributed by atoms with van der Waals surface area (Å²) in [6.07, 6.45) is -2.33. The second-order valence-electron chi connectivity index (χ2n) is 10.1. The van der Waals surface area contributed by atoms with Gasteiger partial charge in [0.25, 0.3) is 0 Å². The van der Waals surface area contributed by atoms with Gasteiger partial charge >= 0.3 is 195 Å². The molecule has 2 rings (SSSR count). The van der Waals surface area contributed by atoms with Crippen LogP contribution in [0.1, 0.15) is 60.3 Å². The molecule has 1 aromatic rings. The number of amides is 2. The summed E-state index contributed by atoms with van der Waals surface area (Å²) >= 11 is -0.936. The fourth-order valence-corrected chi connectivity index (χ4v) is 5.94. The van der Waals surface area contributed by atoms with E-state index in [0.29, 0.717) is 4.46 Å². The Morgan fingerprint density at radius 2 is 1.87 bits per heavy atom. The summed E-state index contributed by atoms with van der Waals surface area (Å²) in [5, 5.41) is -0.140. The van der Waals surface area contributed by atoms with Crippen LogP contribution in [0.25, 0.3) is 0 Å². The fraction of sp³-hybridized carbons (Fsp3) is 0.652. The first-order valence-electron chi connectivity index (χ1n) is 12.2. The van der Waals surface area contributed by atoms with Gasteiger partial charge in [-0.2, -0.15) is 0 Å². The SMILES string of the molecule is [2H][C@@H]1[C@H](CO[Si](C)(C)C(C)(C)C)N(C(=O)OC(C)(C)C)C(=O)[C@]1([Se]c1ccccc1)C([2H])([2H])[2H]. The standard InChI is InChI=1S/C23H37NO4SeSi/c1-21(2,3)28-20(26)24-17(16-27-30(8,9)22(4,5)6)15-23(7,19(24)25)29-18-13-11-10-12-14-18/h10-14,17H,15-16H2,1-9H3/t17-,23+/m1/s1/i7D3,15D/t15-,17-,23+. The first kappa shape index (κ1) is 19.5. The third-order valence-corrected chi connectivity index (χ3v) is 12.2. The van der Waals surface area contributed by atoms with Crippen LogP contribution in [0, 0.1) is 0 Å². The molecule has 1 fully saturated rings. The number of ether oxygens (including phenoxy) is 1.